The Kier molecular flexibility index (Phi) is 49.6. The Bertz CT molecular complexity index is 1230. The maximum absolute atomic E-state index is 14.2. The van der Waals surface area contributed by atoms with Gasteiger partial charge in [-0.3, -0.25) is 23.2 Å². The van der Waals surface area contributed by atoms with Gasteiger partial charge in [0.15, 0.2) is 0 Å². The molecule has 0 aliphatic carbocycles. The van der Waals surface area contributed by atoms with Crippen molar-refractivity contribution in [3.05, 3.63) is 0 Å². The monoisotopic (exact) mass is 1110 g/mol. The lowest BCUT2D eigenvalue weighted by Gasteiger charge is -2.27. The van der Waals surface area contributed by atoms with Crippen molar-refractivity contribution >= 4 is 19.8 Å². The molecular weight excluding hydrogens is 982 g/mol. The minimum atomic E-state index is -3.74. The summed E-state index contributed by atoms with van der Waals surface area (Å²) in [6.45, 7) is 20.1. The SMILES string of the molecule is CCCCCCCCC(CCCCCCCC)OC(=O)CCCCCCCOP(=O)(OCCCCCCCC(=O)OC(CCCCCCCC)CCCCCCCC)OCCCN(CCN1CCCC1)CCN1CCCC1. The van der Waals surface area contributed by atoms with Gasteiger partial charge in [0.25, 0.3) is 0 Å². The number of rotatable bonds is 59. The Balaban J connectivity index is 1.81. The van der Waals surface area contributed by atoms with Crippen molar-refractivity contribution in [3.8, 4) is 0 Å². The Morgan fingerprint density at radius 3 is 1.00 bits per heavy atom. The van der Waals surface area contributed by atoms with Gasteiger partial charge in [-0.25, -0.2) is 4.57 Å². The summed E-state index contributed by atoms with van der Waals surface area (Å²) in [5.41, 5.74) is 0. The maximum Gasteiger partial charge on any atom is 0.474 e. The molecule has 2 heterocycles. The predicted molar refractivity (Wildman–Crippen MR) is 325 cm³/mol. The van der Waals surface area contributed by atoms with Gasteiger partial charge in [-0.05, 0) is 135 Å². The van der Waals surface area contributed by atoms with Crippen LogP contribution in [-0.4, -0.2) is 118 Å². The van der Waals surface area contributed by atoms with Crippen LogP contribution in [0.4, 0.5) is 0 Å². The third-order valence-corrected chi connectivity index (χ3v) is 17.9. The van der Waals surface area contributed by atoms with E-state index in [4.69, 9.17) is 23.0 Å². The number of carbonyl (C=O) groups is 2. The van der Waals surface area contributed by atoms with Gasteiger partial charge in [-0.15, -0.1) is 0 Å². The van der Waals surface area contributed by atoms with E-state index in [2.05, 4.69) is 42.4 Å². The molecular formula is C65H128N3O8P. The largest absolute Gasteiger partial charge is 0.474 e. The molecule has 0 N–H and O–H groups in total. The molecule has 0 bridgehead atoms. The van der Waals surface area contributed by atoms with Crippen LogP contribution in [0.25, 0.3) is 0 Å². The number of carbonyl (C=O) groups excluding carboxylic acids is 2. The molecule has 11 nitrogen and oxygen atoms in total. The average molecular weight is 1110 g/mol. The molecule has 2 saturated heterocycles. The topological polar surface area (TPSA) is 107 Å². The Morgan fingerprint density at radius 1 is 0.377 bits per heavy atom. The van der Waals surface area contributed by atoms with Gasteiger partial charge >= 0.3 is 19.8 Å². The van der Waals surface area contributed by atoms with E-state index in [1.807, 2.05) is 0 Å². The predicted octanol–water partition coefficient (Wildman–Crippen LogP) is 18.5. The Morgan fingerprint density at radius 2 is 0.662 bits per heavy atom. The lowest BCUT2D eigenvalue weighted by atomic mass is 10.0. The zero-order valence-electron chi connectivity index (χ0n) is 51.5. The number of phosphoric ester groups is 1. The standard InChI is InChI=1S/C65H128N3O8P/c1-5-9-13-17-23-31-44-62(45-32-24-18-14-10-6-2)75-64(69)48-35-27-21-29-41-59-72-77(71,74-61-43-54-68(57-55-66-50-37-38-51-66)58-56-67-52-39-40-53-67)73-60-42-30-22-28-36-49-65(70)76-63(46-33-25-19-15-11-7-3)47-34-26-20-16-12-8-4/h62-63H,5-61H2,1-4H3. The van der Waals surface area contributed by atoms with Crippen LogP contribution in [0.2, 0.25) is 0 Å². The molecule has 2 fully saturated rings. The number of ether oxygens (including phenoxy) is 2. The molecule has 12 heteroatoms. The minimum Gasteiger partial charge on any atom is -0.462 e. The number of nitrogens with zero attached hydrogens (tertiary/aromatic N) is 3. The van der Waals surface area contributed by atoms with Gasteiger partial charge in [-0.1, -0.05) is 195 Å². The van der Waals surface area contributed by atoms with E-state index in [0.717, 1.165) is 155 Å². The summed E-state index contributed by atoms with van der Waals surface area (Å²) in [5, 5.41) is 0. The number of unbranched alkanes of at least 4 members (excludes halogenated alkanes) is 28. The molecule has 0 aromatic heterocycles. The van der Waals surface area contributed by atoms with E-state index < -0.39 is 7.82 Å². The van der Waals surface area contributed by atoms with Crippen LogP contribution in [-0.2, 0) is 37.2 Å². The number of hydrogen-bond acceptors (Lipinski definition) is 11. The second kappa shape index (κ2) is 53.0. The van der Waals surface area contributed by atoms with Crippen LogP contribution in [0.3, 0.4) is 0 Å². The fourth-order valence-electron chi connectivity index (χ4n) is 11.3. The van der Waals surface area contributed by atoms with Gasteiger partial charge < -0.3 is 24.2 Å². The molecule has 0 aromatic rings. The lowest BCUT2D eigenvalue weighted by Crippen LogP contribution is -2.39. The fourth-order valence-corrected chi connectivity index (χ4v) is 12.6. The highest BCUT2D eigenvalue weighted by Gasteiger charge is 2.27. The van der Waals surface area contributed by atoms with Gasteiger partial charge in [0.05, 0.1) is 19.8 Å². The van der Waals surface area contributed by atoms with Gasteiger partial charge in [-0.2, -0.15) is 0 Å². The van der Waals surface area contributed by atoms with Crippen LogP contribution < -0.4 is 0 Å². The van der Waals surface area contributed by atoms with Crippen LogP contribution in [0.15, 0.2) is 0 Å². The number of likely N-dealkylation sites (tertiary alicyclic amines) is 2. The molecule has 2 aliphatic rings. The Labute approximate surface area is 477 Å². The summed E-state index contributed by atoms with van der Waals surface area (Å²) in [4.78, 5) is 33.7. The number of hydrogen-bond donors (Lipinski definition) is 0. The van der Waals surface area contributed by atoms with E-state index in [1.54, 1.807) is 0 Å². The average Bonchev–Trinajstić information content (AvgIpc) is 4.17. The third kappa shape index (κ3) is 44.2. The summed E-state index contributed by atoms with van der Waals surface area (Å²) in [7, 11) is -3.74. The van der Waals surface area contributed by atoms with E-state index in [-0.39, 0.29) is 24.1 Å². The van der Waals surface area contributed by atoms with Crippen molar-refractivity contribution < 1.29 is 37.2 Å². The first kappa shape index (κ1) is 72.0. The zero-order valence-corrected chi connectivity index (χ0v) is 52.4. The third-order valence-electron chi connectivity index (χ3n) is 16.4. The van der Waals surface area contributed by atoms with Crippen molar-refractivity contribution in [1.29, 1.82) is 0 Å². The normalized spacial score (nSPS) is 14.6. The quantitative estimate of drug-likeness (QED) is 0.0330. The number of esters is 2. The second-order valence-electron chi connectivity index (χ2n) is 23.7. The van der Waals surface area contributed by atoms with Crippen LogP contribution in [0.1, 0.15) is 317 Å². The maximum atomic E-state index is 14.2. The zero-order chi connectivity index (χ0) is 55.4. The van der Waals surface area contributed by atoms with Crippen LogP contribution in [0.5, 0.6) is 0 Å². The highest BCUT2D eigenvalue weighted by molar-refractivity contribution is 7.48. The van der Waals surface area contributed by atoms with Crippen LogP contribution >= 0.6 is 7.82 Å². The van der Waals surface area contributed by atoms with Gasteiger partial charge in [0.2, 0.25) is 0 Å². The molecule has 2 rings (SSSR count). The van der Waals surface area contributed by atoms with Crippen LogP contribution in [0, 0.1) is 0 Å². The molecule has 456 valence electrons. The minimum absolute atomic E-state index is 0.0343. The van der Waals surface area contributed by atoms with Crippen molar-refractivity contribution in [2.75, 3.05) is 78.7 Å². The molecule has 0 atom stereocenters. The molecule has 0 saturated carbocycles. The van der Waals surface area contributed by atoms with E-state index in [0.29, 0.717) is 32.7 Å². The van der Waals surface area contributed by atoms with E-state index >= 15 is 0 Å². The molecule has 0 spiro atoms. The summed E-state index contributed by atoms with van der Waals surface area (Å²) < 4.78 is 44.5. The Hall–Kier alpha value is -1.07. The van der Waals surface area contributed by atoms with Crippen molar-refractivity contribution in [2.45, 2.75) is 329 Å². The summed E-state index contributed by atoms with van der Waals surface area (Å²) in [6, 6.07) is 0. The first-order valence-corrected chi connectivity index (χ1v) is 35.4. The molecule has 2 aliphatic heterocycles. The van der Waals surface area contributed by atoms with E-state index in [9.17, 15) is 14.2 Å². The summed E-state index contributed by atoms with van der Waals surface area (Å²) >= 11 is 0. The van der Waals surface area contributed by atoms with Crippen molar-refractivity contribution in [3.63, 3.8) is 0 Å². The smallest absolute Gasteiger partial charge is 0.462 e. The van der Waals surface area contributed by atoms with Crippen molar-refractivity contribution in [2.24, 2.45) is 0 Å². The van der Waals surface area contributed by atoms with Gasteiger partial charge in [0, 0.05) is 45.6 Å². The summed E-state index contributed by atoms with van der Waals surface area (Å²) in [5.74, 6) is -0.0687. The highest BCUT2D eigenvalue weighted by atomic mass is 31.2. The van der Waals surface area contributed by atoms with Crippen molar-refractivity contribution in [1.82, 2.24) is 14.7 Å². The lowest BCUT2D eigenvalue weighted by molar-refractivity contribution is -0.151. The summed E-state index contributed by atoms with van der Waals surface area (Å²) in [6.07, 6.45) is 50.3. The number of phosphoric acid groups is 1. The van der Waals surface area contributed by atoms with Gasteiger partial charge in [0.1, 0.15) is 12.2 Å². The molecule has 77 heavy (non-hydrogen) atoms. The van der Waals surface area contributed by atoms with E-state index in [1.165, 1.54) is 180 Å². The second-order valence-corrected chi connectivity index (χ2v) is 25.4. The highest BCUT2D eigenvalue weighted by Crippen LogP contribution is 2.50. The first-order valence-electron chi connectivity index (χ1n) is 33.9. The molecule has 0 radical (unpaired) electrons. The fraction of sp³-hybridized carbons (Fsp3) is 0.969. The molecule has 0 amide bonds. The molecule has 0 aromatic carbocycles. The first-order chi connectivity index (χ1) is 37.8. The molecule has 0 unspecified atom stereocenters.